The van der Waals surface area contributed by atoms with Crippen LogP contribution in [0.25, 0.3) is 0 Å². The van der Waals surface area contributed by atoms with Crippen LogP contribution in [-0.2, 0) is 17.6 Å². The summed E-state index contributed by atoms with van der Waals surface area (Å²) in [6, 6.07) is 13.7. The predicted molar refractivity (Wildman–Crippen MR) is 108 cm³/mol. The maximum absolute atomic E-state index is 12.6. The highest BCUT2D eigenvalue weighted by Gasteiger charge is 2.21. The van der Waals surface area contributed by atoms with Crippen molar-refractivity contribution in [1.29, 1.82) is 0 Å². The topological polar surface area (TPSA) is 46.2 Å². The Hall–Kier alpha value is -2.42. The molecule has 0 heterocycles. The van der Waals surface area contributed by atoms with Crippen LogP contribution >= 0.6 is 0 Å². The van der Waals surface area contributed by atoms with Gasteiger partial charge in [-0.15, -0.1) is 0 Å². The number of Topliss-reactive ketones (excluding diaryl/α,β-unsaturated/α-hetero) is 1. The van der Waals surface area contributed by atoms with Crippen molar-refractivity contribution in [2.24, 2.45) is 0 Å². The van der Waals surface area contributed by atoms with Crippen molar-refractivity contribution in [2.75, 3.05) is 5.32 Å². The number of nitrogens with one attached hydrogen (secondary N) is 1. The Kier molecular flexibility index (Phi) is 5.38. The lowest BCUT2D eigenvalue weighted by Crippen LogP contribution is -2.24. The number of amides is 1. The minimum absolute atomic E-state index is 0.460. The van der Waals surface area contributed by atoms with Gasteiger partial charge in [-0.3, -0.25) is 9.59 Å². The number of hydrogen-bond donors (Lipinski definition) is 1. The summed E-state index contributed by atoms with van der Waals surface area (Å²) in [4.78, 5) is 25.1. The highest BCUT2D eigenvalue weighted by atomic mass is 16.2. The van der Waals surface area contributed by atoms with Gasteiger partial charge in [0.05, 0.1) is 0 Å². The molecule has 0 unspecified atom stereocenters. The number of carbonyl (C=O) groups excluding carboxylic acids is 2. The third-order valence-corrected chi connectivity index (χ3v) is 6.10. The zero-order valence-electron chi connectivity index (χ0n) is 15.8. The molecular formula is C24H27NO2. The highest BCUT2D eigenvalue weighted by molar-refractivity contribution is 6.46. The lowest BCUT2D eigenvalue weighted by Gasteiger charge is -2.22. The van der Waals surface area contributed by atoms with Crippen molar-refractivity contribution in [3.63, 3.8) is 0 Å². The molecule has 1 fully saturated rings. The Morgan fingerprint density at radius 3 is 2.33 bits per heavy atom. The summed E-state index contributed by atoms with van der Waals surface area (Å²) in [5.74, 6) is -0.398. The molecule has 0 atom stereocenters. The molecule has 0 aliphatic heterocycles. The fraction of sp³-hybridized carbons (Fsp3) is 0.417. The maximum Gasteiger partial charge on any atom is 0.296 e. The second-order valence-electron chi connectivity index (χ2n) is 7.89. The van der Waals surface area contributed by atoms with Crippen molar-refractivity contribution in [1.82, 2.24) is 0 Å². The van der Waals surface area contributed by atoms with E-state index in [0.717, 1.165) is 24.9 Å². The molecule has 1 amide bonds. The van der Waals surface area contributed by atoms with E-state index in [1.807, 2.05) is 36.4 Å². The molecule has 140 valence electrons. The van der Waals surface area contributed by atoms with E-state index < -0.39 is 11.7 Å². The number of hydrogen-bond acceptors (Lipinski definition) is 2. The van der Waals surface area contributed by atoms with Crippen LogP contribution in [0.2, 0.25) is 0 Å². The molecule has 27 heavy (non-hydrogen) atoms. The van der Waals surface area contributed by atoms with E-state index in [1.165, 1.54) is 55.2 Å². The van der Waals surface area contributed by atoms with E-state index in [2.05, 4.69) is 11.4 Å². The van der Waals surface area contributed by atoms with Gasteiger partial charge in [0.15, 0.2) is 0 Å². The standard InChI is InChI=1S/C24H27NO2/c26-23(20-15-13-18(14-16-20)17-7-2-1-3-8-17)24(27)25-22-12-6-10-19-9-4-5-11-21(19)22/h6,10,12-17H,1-5,7-9,11H2,(H,25,27). The fourth-order valence-corrected chi connectivity index (χ4v) is 4.55. The Bertz CT molecular complexity index is 832. The molecule has 2 aliphatic carbocycles. The number of fused-ring (bicyclic) bond motifs is 1. The molecule has 4 rings (SSSR count). The average molecular weight is 361 g/mol. The van der Waals surface area contributed by atoms with Gasteiger partial charge < -0.3 is 5.32 Å². The van der Waals surface area contributed by atoms with Crippen LogP contribution in [0, 0.1) is 0 Å². The third kappa shape index (κ3) is 3.97. The number of carbonyl (C=O) groups is 2. The summed E-state index contributed by atoms with van der Waals surface area (Å²) in [5, 5.41) is 2.86. The first-order valence-corrected chi connectivity index (χ1v) is 10.3. The number of anilines is 1. The second-order valence-corrected chi connectivity index (χ2v) is 7.89. The van der Waals surface area contributed by atoms with Gasteiger partial charge in [0.2, 0.25) is 0 Å². The minimum Gasteiger partial charge on any atom is -0.319 e. The van der Waals surface area contributed by atoms with Crippen molar-refractivity contribution < 1.29 is 9.59 Å². The summed E-state index contributed by atoms with van der Waals surface area (Å²) in [6.45, 7) is 0. The first-order valence-electron chi connectivity index (χ1n) is 10.3. The van der Waals surface area contributed by atoms with Crippen LogP contribution in [0.15, 0.2) is 42.5 Å². The number of ketones is 1. The van der Waals surface area contributed by atoms with E-state index >= 15 is 0 Å². The summed E-state index contributed by atoms with van der Waals surface area (Å²) in [6.07, 6.45) is 10.7. The van der Waals surface area contributed by atoms with Crippen molar-refractivity contribution >= 4 is 17.4 Å². The van der Waals surface area contributed by atoms with Gasteiger partial charge in [-0.1, -0.05) is 55.7 Å². The monoisotopic (exact) mass is 361 g/mol. The summed E-state index contributed by atoms with van der Waals surface area (Å²) in [5.41, 5.74) is 5.05. The molecule has 3 nitrogen and oxygen atoms in total. The van der Waals surface area contributed by atoms with Crippen LogP contribution in [0.1, 0.15) is 77.9 Å². The van der Waals surface area contributed by atoms with E-state index in [-0.39, 0.29) is 0 Å². The van der Waals surface area contributed by atoms with Gasteiger partial charge in [0.25, 0.3) is 11.7 Å². The Balaban J connectivity index is 1.45. The zero-order chi connectivity index (χ0) is 18.6. The van der Waals surface area contributed by atoms with Crippen molar-refractivity contribution in [2.45, 2.75) is 63.7 Å². The van der Waals surface area contributed by atoms with Gasteiger partial charge in [0, 0.05) is 11.3 Å². The van der Waals surface area contributed by atoms with Crippen LogP contribution in [0.4, 0.5) is 5.69 Å². The highest BCUT2D eigenvalue weighted by Crippen LogP contribution is 2.32. The van der Waals surface area contributed by atoms with Crippen LogP contribution < -0.4 is 5.32 Å². The smallest absolute Gasteiger partial charge is 0.296 e. The number of benzene rings is 2. The van der Waals surface area contributed by atoms with Gasteiger partial charge in [-0.2, -0.15) is 0 Å². The number of rotatable bonds is 4. The normalized spacial score (nSPS) is 17.2. The van der Waals surface area contributed by atoms with Crippen molar-refractivity contribution in [3.8, 4) is 0 Å². The van der Waals surface area contributed by atoms with Crippen LogP contribution in [0.3, 0.4) is 0 Å². The maximum atomic E-state index is 12.6. The molecule has 1 N–H and O–H groups in total. The third-order valence-electron chi connectivity index (χ3n) is 6.10. The lowest BCUT2D eigenvalue weighted by molar-refractivity contribution is -0.112. The Morgan fingerprint density at radius 2 is 1.56 bits per heavy atom. The van der Waals surface area contributed by atoms with Crippen molar-refractivity contribution in [3.05, 3.63) is 64.7 Å². The summed E-state index contributed by atoms with van der Waals surface area (Å²) < 4.78 is 0. The molecule has 2 aliphatic rings. The molecule has 3 heteroatoms. The molecule has 1 saturated carbocycles. The second kappa shape index (κ2) is 8.08. The van der Waals surface area contributed by atoms with E-state index in [1.54, 1.807) is 0 Å². The van der Waals surface area contributed by atoms with Gasteiger partial charge in [0.1, 0.15) is 0 Å². The molecule has 2 aromatic carbocycles. The Labute approximate surface area is 161 Å². The van der Waals surface area contributed by atoms with Gasteiger partial charge in [-0.25, -0.2) is 0 Å². The van der Waals surface area contributed by atoms with Gasteiger partial charge >= 0.3 is 0 Å². The van der Waals surface area contributed by atoms with E-state index in [4.69, 9.17) is 0 Å². The molecule has 0 spiro atoms. The summed E-state index contributed by atoms with van der Waals surface area (Å²) >= 11 is 0. The Morgan fingerprint density at radius 1 is 0.815 bits per heavy atom. The lowest BCUT2D eigenvalue weighted by atomic mass is 9.84. The van der Waals surface area contributed by atoms with E-state index in [0.29, 0.717) is 11.5 Å². The minimum atomic E-state index is -0.542. The first kappa shape index (κ1) is 18.0. The van der Waals surface area contributed by atoms with Crippen LogP contribution in [-0.4, -0.2) is 11.7 Å². The molecular weight excluding hydrogens is 334 g/mol. The zero-order valence-corrected chi connectivity index (χ0v) is 15.8. The summed E-state index contributed by atoms with van der Waals surface area (Å²) in [7, 11) is 0. The quantitative estimate of drug-likeness (QED) is 0.582. The van der Waals surface area contributed by atoms with E-state index in [9.17, 15) is 9.59 Å². The number of aryl methyl sites for hydroxylation is 1. The van der Waals surface area contributed by atoms with Gasteiger partial charge in [-0.05, 0) is 67.2 Å². The largest absolute Gasteiger partial charge is 0.319 e. The fourth-order valence-electron chi connectivity index (χ4n) is 4.55. The molecule has 2 aromatic rings. The first-order chi connectivity index (χ1) is 13.2. The SMILES string of the molecule is O=C(Nc1cccc2c1CCCC2)C(=O)c1ccc(C2CCCCC2)cc1. The van der Waals surface area contributed by atoms with Crippen LogP contribution in [0.5, 0.6) is 0 Å². The molecule has 0 aromatic heterocycles. The average Bonchev–Trinajstić information content (AvgIpc) is 2.74. The molecule has 0 saturated heterocycles. The molecule has 0 bridgehead atoms. The predicted octanol–water partition coefficient (Wildman–Crippen LogP) is 5.43. The molecule has 0 radical (unpaired) electrons.